The normalized spacial score (nSPS) is 15.7. The monoisotopic (exact) mass is 295 g/mol. The van der Waals surface area contributed by atoms with Gasteiger partial charge in [0.05, 0.1) is 0 Å². The van der Waals surface area contributed by atoms with E-state index in [-0.39, 0.29) is 11.5 Å². The van der Waals surface area contributed by atoms with Crippen molar-refractivity contribution in [2.75, 3.05) is 13.1 Å². The van der Waals surface area contributed by atoms with Crippen LogP contribution in [0.2, 0.25) is 0 Å². The number of halogens is 1. The van der Waals surface area contributed by atoms with Gasteiger partial charge in [0.1, 0.15) is 11.4 Å². The summed E-state index contributed by atoms with van der Waals surface area (Å²) in [5.41, 5.74) is -0.500. The summed E-state index contributed by atoms with van der Waals surface area (Å²) in [5.74, 6) is 0.0711. The van der Waals surface area contributed by atoms with Crippen molar-refractivity contribution in [2.45, 2.75) is 45.6 Å². The first-order chi connectivity index (χ1) is 9.85. The second kappa shape index (κ2) is 6.33. The second-order valence-electron chi connectivity index (χ2n) is 6.22. The van der Waals surface area contributed by atoms with Crippen molar-refractivity contribution in [1.29, 1.82) is 0 Å². The molecular weight excluding hydrogens is 273 g/mol. The van der Waals surface area contributed by atoms with Crippen LogP contribution in [0.1, 0.15) is 40.0 Å². The molecule has 0 atom stereocenters. The highest BCUT2D eigenvalue weighted by atomic mass is 19.1. The van der Waals surface area contributed by atoms with Crippen LogP contribution in [-0.2, 0) is 0 Å². The molecule has 5 heteroatoms. The van der Waals surface area contributed by atoms with Crippen LogP contribution >= 0.6 is 0 Å². The number of likely N-dealkylation sites (tertiary alicyclic amines) is 1. The number of hydrogen-bond donors (Lipinski definition) is 0. The lowest BCUT2D eigenvalue weighted by atomic mass is 10.1. The molecule has 1 fully saturated rings. The Kier molecular flexibility index (Phi) is 4.70. The Hall–Kier alpha value is -1.78. The van der Waals surface area contributed by atoms with Crippen molar-refractivity contribution < 1.29 is 18.7 Å². The first-order valence-corrected chi connectivity index (χ1v) is 7.30. The molecule has 0 radical (unpaired) electrons. The number of ether oxygens (including phenoxy) is 2. The Bertz CT molecular complexity index is 505. The maximum atomic E-state index is 13.4. The lowest BCUT2D eigenvalue weighted by molar-refractivity contribution is 0.116. The minimum absolute atomic E-state index is 0.243. The molecule has 2 rings (SSSR count). The molecule has 0 saturated carbocycles. The minimum atomic E-state index is -0.500. The molecule has 1 aromatic rings. The molecule has 0 aliphatic carbocycles. The van der Waals surface area contributed by atoms with Crippen LogP contribution in [0.15, 0.2) is 18.2 Å². The van der Waals surface area contributed by atoms with Crippen molar-refractivity contribution in [2.24, 2.45) is 0 Å². The van der Waals surface area contributed by atoms with E-state index >= 15 is 0 Å². The topological polar surface area (TPSA) is 38.8 Å². The van der Waals surface area contributed by atoms with Crippen LogP contribution < -0.4 is 9.47 Å². The fourth-order valence-corrected chi connectivity index (χ4v) is 2.21. The number of piperidine rings is 1. The highest BCUT2D eigenvalue weighted by Crippen LogP contribution is 2.31. The van der Waals surface area contributed by atoms with E-state index in [4.69, 9.17) is 9.47 Å². The maximum absolute atomic E-state index is 13.4. The van der Waals surface area contributed by atoms with Gasteiger partial charge in [-0.25, -0.2) is 9.18 Å². The molecular formula is C16H22FNO3. The summed E-state index contributed by atoms with van der Waals surface area (Å²) >= 11 is 0. The Labute approximate surface area is 124 Å². The van der Waals surface area contributed by atoms with Gasteiger partial charge in [0.15, 0.2) is 11.5 Å². The SMILES string of the molecule is CC(C)(C)Oc1cc(F)ccc1OC(=O)N1CCCCC1. The molecule has 0 spiro atoms. The van der Waals surface area contributed by atoms with Crippen molar-refractivity contribution in [1.82, 2.24) is 4.90 Å². The van der Waals surface area contributed by atoms with Gasteiger partial charge in [0, 0.05) is 19.2 Å². The molecule has 0 N–H and O–H groups in total. The van der Waals surface area contributed by atoms with Gasteiger partial charge >= 0.3 is 6.09 Å². The molecule has 21 heavy (non-hydrogen) atoms. The van der Waals surface area contributed by atoms with Gasteiger partial charge in [-0.2, -0.15) is 0 Å². The summed E-state index contributed by atoms with van der Waals surface area (Å²) in [5, 5.41) is 0. The van der Waals surface area contributed by atoms with E-state index in [9.17, 15) is 9.18 Å². The molecule has 0 bridgehead atoms. The van der Waals surface area contributed by atoms with Gasteiger partial charge in [-0.1, -0.05) is 0 Å². The first-order valence-electron chi connectivity index (χ1n) is 7.30. The van der Waals surface area contributed by atoms with Gasteiger partial charge in [-0.3, -0.25) is 0 Å². The van der Waals surface area contributed by atoms with E-state index in [1.165, 1.54) is 18.2 Å². The van der Waals surface area contributed by atoms with Crippen molar-refractivity contribution in [3.63, 3.8) is 0 Å². The van der Waals surface area contributed by atoms with Crippen molar-refractivity contribution in [3.8, 4) is 11.5 Å². The number of rotatable bonds is 2. The Morgan fingerprint density at radius 1 is 1.14 bits per heavy atom. The zero-order valence-corrected chi connectivity index (χ0v) is 12.8. The fourth-order valence-electron chi connectivity index (χ4n) is 2.21. The highest BCUT2D eigenvalue weighted by molar-refractivity contribution is 5.71. The Morgan fingerprint density at radius 2 is 1.81 bits per heavy atom. The molecule has 4 nitrogen and oxygen atoms in total. The lowest BCUT2D eigenvalue weighted by Gasteiger charge is -2.27. The van der Waals surface area contributed by atoms with Gasteiger partial charge in [0.2, 0.25) is 0 Å². The third-order valence-corrected chi connectivity index (χ3v) is 3.13. The summed E-state index contributed by atoms with van der Waals surface area (Å²) in [6.07, 6.45) is 2.71. The molecule has 1 heterocycles. The van der Waals surface area contributed by atoms with Crippen LogP contribution in [0, 0.1) is 5.82 Å². The van der Waals surface area contributed by atoms with Crippen LogP contribution in [0.4, 0.5) is 9.18 Å². The van der Waals surface area contributed by atoms with E-state index in [0.29, 0.717) is 13.1 Å². The van der Waals surface area contributed by atoms with E-state index < -0.39 is 17.5 Å². The van der Waals surface area contributed by atoms with Crippen molar-refractivity contribution in [3.05, 3.63) is 24.0 Å². The van der Waals surface area contributed by atoms with Crippen LogP contribution in [-0.4, -0.2) is 29.7 Å². The standard InChI is InChI=1S/C16H22FNO3/c1-16(2,3)21-14-11-12(17)7-8-13(14)20-15(19)18-9-5-4-6-10-18/h7-8,11H,4-6,9-10H2,1-3H3. The molecule has 1 aliphatic heterocycles. The molecule has 1 saturated heterocycles. The van der Waals surface area contributed by atoms with Gasteiger partial charge in [0.25, 0.3) is 0 Å². The summed E-state index contributed by atoms with van der Waals surface area (Å²) < 4.78 is 24.4. The average molecular weight is 295 g/mol. The summed E-state index contributed by atoms with van der Waals surface area (Å²) in [7, 11) is 0. The molecule has 0 unspecified atom stereocenters. The number of carbonyl (C=O) groups excluding carboxylic acids is 1. The zero-order chi connectivity index (χ0) is 15.5. The lowest BCUT2D eigenvalue weighted by Crippen LogP contribution is -2.37. The third kappa shape index (κ3) is 4.62. The van der Waals surface area contributed by atoms with Crippen LogP contribution in [0.5, 0.6) is 11.5 Å². The van der Waals surface area contributed by atoms with E-state index in [1.807, 2.05) is 20.8 Å². The second-order valence-corrected chi connectivity index (χ2v) is 6.22. The molecule has 1 aromatic carbocycles. The van der Waals surface area contributed by atoms with Gasteiger partial charge in [-0.15, -0.1) is 0 Å². The third-order valence-electron chi connectivity index (χ3n) is 3.13. The quantitative estimate of drug-likeness (QED) is 0.828. The fraction of sp³-hybridized carbons (Fsp3) is 0.562. The molecule has 1 aliphatic rings. The average Bonchev–Trinajstić information content (AvgIpc) is 2.41. The van der Waals surface area contributed by atoms with Crippen LogP contribution in [0.3, 0.4) is 0 Å². The number of benzene rings is 1. The summed E-state index contributed by atoms with van der Waals surface area (Å²) in [6, 6.07) is 3.93. The summed E-state index contributed by atoms with van der Waals surface area (Å²) in [6.45, 7) is 6.97. The van der Waals surface area contributed by atoms with E-state index in [0.717, 1.165) is 19.3 Å². The summed E-state index contributed by atoms with van der Waals surface area (Å²) in [4.78, 5) is 13.8. The Morgan fingerprint density at radius 3 is 2.43 bits per heavy atom. The first kappa shape index (κ1) is 15.6. The zero-order valence-electron chi connectivity index (χ0n) is 12.8. The maximum Gasteiger partial charge on any atom is 0.415 e. The smallest absolute Gasteiger partial charge is 0.415 e. The molecule has 116 valence electrons. The van der Waals surface area contributed by atoms with Crippen LogP contribution in [0.25, 0.3) is 0 Å². The van der Waals surface area contributed by atoms with E-state index in [1.54, 1.807) is 4.90 Å². The number of hydrogen-bond acceptors (Lipinski definition) is 3. The predicted octanol–water partition coefficient (Wildman–Crippen LogP) is 3.99. The van der Waals surface area contributed by atoms with Crippen molar-refractivity contribution >= 4 is 6.09 Å². The highest BCUT2D eigenvalue weighted by Gasteiger charge is 2.22. The number of nitrogens with zero attached hydrogens (tertiary/aromatic N) is 1. The largest absolute Gasteiger partial charge is 0.484 e. The van der Waals surface area contributed by atoms with Gasteiger partial charge in [-0.05, 0) is 52.2 Å². The Balaban J connectivity index is 2.13. The van der Waals surface area contributed by atoms with E-state index in [2.05, 4.69) is 0 Å². The molecule has 1 amide bonds. The number of amides is 1. The predicted molar refractivity (Wildman–Crippen MR) is 78.2 cm³/mol. The van der Waals surface area contributed by atoms with Gasteiger partial charge < -0.3 is 14.4 Å². The molecule has 0 aromatic heterocycles. The minimum Gasteiger partial charge on any atom is -0.484 e. The number of carbonyl (C=O) groups is 1.